The number of halogens is 1. The van der Waals surface area contributed by atoms with E-state index in [1.165, 1.54) is 0 Å². The summed E-state index contributed by atoms with van der Waals surface area (Å²) in [6.45, 7) is 5.15. The van der Waals surface area contributed by atoms with Crippen LogP contribution in [-0.2, 0) is 11.2 Å². The van der Waals surface area contributed by atoms with E-state index in [0.29, 0.717) is 11.4 Å². The summed E-state index contributed by atoms with van der Waals surface area (Å²) >= 11 is 11.6. The van der Waals surface area contributed by atoms with Crippen molar-refractivity contribution < 1.29 is 4.74 Å². The van der Waals surface area contributed by atoms with Crippen molar-refractivity contribution >= 4 is 28.8 Å². The fourth-order valence-electron chi connectivity index (χ4n) is 2.44. The lowest BCUT2D eigenvalue weighted by atomic mass is 10.2. The Labute approximate surface area is 139 Å². The largest absolute Gasteiger partial charge is 0.378 e. The molecule has 0 aliphatic carbocycles. The highest BCUT2D eigenvalue weighted by Gasteiger charge is 2.17. The van der Waals surface area contributed by atoms with Gasteiger partial charge in [0.1, 0.15) is 0 Å². The molecule has 0 spiro atoms. The van der Waals surface area contributed by atoms with E-state index >= 15 is 0 Å². The maximum absolute atomic E-state index is 6.04. The number of nitrogens with zero attached hydrogens (tertiary/aromatic N) is 4. The first kappa shape index (κ1) is 15.4. The molecule has 116 valence electrons. The van der Waals surface area contributed by atoms with Crippen LogP contribution in [0.5, 0.6) is 0 Å². The van der Waals surface area contributed by atoms with Gasteiger partial charge in [0, 0.05) is 24.5 Å². The Morgan fingerprint density at radius 3 is 2.86 bits per heavy atom. The van der Waals surface area contributed by atoms with Crippen LogP contribution in [0.25, 0.3) is 5.69 Å². The molecule has 1 aliphatic heterocycles. The zero-order valence-corrected chi connectivity index (χ0v) is 13.9. The smallest absolute Gasteiger partial charge is 0.0928 e. The van der Waals surface area contributed by atoms with E-state index in [4.69, 9.17) is 28.6 Å². The number of hydrogen-bond acceptors (Lipinski definition) is 4. The maximum Gasteiger partial charge on any atom is 0.0928 e. The monoisotopic (exact) mass is 336 g/mol. The van der Waals surface area contributed by atoms with Crippen molar-refractivity contribution in [2.75, 3.05) is 26.3 Å². The summed E-state index contributed by atoms with van der Waals surface area (Å²) in [6, 6.07) is 7.56. The van der Waals surface area contributed by atoms with Crippen molar-refractivity contribution in [3.8, 4) is 5.69 Å². The summed E-state index contributed by atoms with van der Waals surface area (Å²) in [5.41, 5.74) is 2.79. The Hall–Kier alpha value is -1.50. The number of morpholine rings is 1. The summed E-state index contributed by atoms with van der Waals surface area (Å²) in [5.74, 6) is 0. The first-order valence-electron chi connectivity index (χ1n) is 7.18. The van der Waals surface area contributed by atoms with Gasteiger partial charge in [-0.2, -0.15) is 0 Å². The van der Waals surface area contributed by atoms with Gasteiger partial charge in [0.25, 0.3) is 0 Å². The number of ether oxygens (including phenoxy) is 1. The minimum Gasteiger partial charge on any atom is -0.378 e. The second-order valence-corrected chi connectivity index (χ2v) is 6.09. The Balaban J connectivity index is 1.77. The van der Waals surface area contributed by atoms with Gasteiger partial charge < -0.3 is 9.64 Å². The Kier molecular flexibility index (Phi) is 4.71. The molecule has 5 nitrogen and oxygen atoms in total. The summed E-state index contributed by atoms with van der Waals surface area (Å²) < 4.78 is 7.15. The third kappa shape index (κ3) is 3.29. The number of rotatable bonds is 3. The van der Waals surface area contributed by atoms with Gasteiger partial charge in [-0.05, 0) is 25.1 Å². The van der Waals surface area contributed by atoms with Crippen LogP contribution in [-0.4, -0.2) is 51.2 Å². The number of thiocarbonyl (C=S) groups is 1. The van der Waals surface area contributed by atoms with E-state index in [9.17, 15) is 0 Å². The fourth-order valence-corrected chi connectivity index (χ4v) is 2.95. The zero-order chi connectivity index (χ0) is 15.5. The van der Waals surface area contributed by atoms with Crippen molar-refractivity contribution in [3.05, 3.63) is 40.7 Å². The van der Waals surface area contributed by atoms with Crippen LogP contribution >= 0.6 is 23.8 Å². The third-order valence-corrected chi connectivity index (χ3v) is 4.36. The van der Waals surface area contributed by atoms with E-state index in [2.05, 4.69) is 15.2 Å². The molecule has 2 heterocycles. The van der Waals surface area contributed by atoms with E-state index in [1.54, 1.807) is 4.68 Å². The van der Waals surface area contributed by atoms with Gasteiger partial charge in [0.2, 0.25) is 0 Å². The second-order valence-electron chi connectivity index (χ2n) is 5.18. The highest BCUT2D eigenvalue weighted by molar-refractivity contribution is 7.80. The average molecular weight is 337 g/mol. The summed E-state index contributed by atoms with van der Waals surface area (Å²) in [6.07, 6.45) is 0.627. The van der Waals surface area contributed by atoms with Crippen molar-refractivity contribution in [3.63, 3.8) is 0 Å². The van der Waals surface area contributed by atoms with Crippen LogP contribution in [0.3, 0.4) is 0 Å². The molecule has 0 atom stereocenters. The van der Waals surface area contributed by atoms with Gasteiger partial charge in [-0.3, -0.25) is 0 Å². The van der Waals surface area contributed by atoms with Gasteiger partial charge in [0.15, 0.2) is 0 Å². The molecule has 1 aromatic heterocycles. The van der Waals surface area contributed by atoms with Crippen molar-refractivity contribution in [2.45, 2.75) is 13.3 Å². The first-order chi connectivity index (χ1) is 10.6. The summed E-state index contributed by atoms with van der Waals surface area (Å²) in [5, 5.41) is 9.19. The van der Waals surface area contributed by atoms with Crippen molar-refractivity contribution in [1.29, 1.82) is 0 Å². The molecule has 0 N–H and O–H groups in total. The maximum atomic E-state index is 6.04. The molecule has 3 rings (SSSR count). The van der Waals surface area contributed by atoms with Crippen LogP contribution in [0, 0.1) is 6.92 Å². The molecular formula is C15H17ClN4OS. The van der Waals surface area contributed by atoms with Gasteiger partial charge in [0.05, 0.1) is 35.3 Å². The lowest BCUT2D eigenvalue weighted by molar-refractivity contribution is 0.0684. The first-order valence-corrected chi connectivity index (χ1v) is 7.96. The van der Waals surface area contributed by atoms with Crippen LogP contribution in [0.2, 0.25) is 5.02 Å². The lowest BCUT2D eigenvalue weighted by Crippen LogP contribution is -2.40. The predicted octanol–water partition coefficient (Wildman–Crippen LogP) is 2.43. The van der Waals surface area contributed by atoms with E-state index in [0.717, 1.165) is 48.4 Å². The summed E-state index contributed by atoms with van der Waals surface area (Å²) in [7, 11) is 0. The van der Waals surface area contributed by atoms with Crippen molar-refractivity contribution in [2.24, 2.45) is 0 Å². The molecule has 1 saturated heterocycles. The van der Waals surface area contributed by atoms with E-state index in [1.807, 2.05) is 31.2 Å². The SMILES string of the molecule is Cc1c(CC(=S)N2CCOCC2)nnn1-c1cccc(Cl)c1. The average Bonchev–Trinajstić information content (AvgIpc) is 2.89. The minimum atomic E-state index is 0.627. The molecule has 0 saturated carbocycles. The molecular weight excluding hydrogens is 320 g/mol. The Morgan fingerprint density at radius 1 is 1.36 bits per heavy atom. The lowest BCUT2D eigenvalue weighted by Gasteiger charge is -2.28. The quantitative estimate of drug-likeness (QED) is 0.805. The molecule has 22 heavy (non-hydrogen) atoms. The molecule has 0 bridgehead atoms. The second kappa shape index (κ2) is 6.73. The molecule has 1 fully saturated rings. The van der Waals surface area contributed by atoms with Crippen LogP contribution in [0.1, 0.15) is 11.4 Å². The minimum absolute atomic E-state index is 0.627. The standard InChI is InChI=1S/C15H17ClN4OS/c1-11-14(10-15(22)19-5-7-21-8-6-19)17-18-20(11)13-4-2-3-12(16)9-13/h2-4,9H,5-8,10H2,1H3. The molecule has 0 unspecified atom stereocenters. The highest BCUT2D eigenvalue weighted by Crippen LogP contribution is 2.17. The topological polar surface area (TPSA) is 43.2 Å². The number of aromatic nitrogens is 3. The number of hydrogen-bond donors (Lipinski definition) is 0. The molecule has 2 aromatic rings. The summed E-state index contributed by atoms with van der Waals surface area (Å²) in [4.78, 5) is 3.07. The van der Waals surface area contributed by atoms with Gasteiger partial charge in [-0.15, -0.1) is 5.10 Å². The molecule has 1 aromatic carbocycles. The molecule has 0 radical (unpaired) electrons. The normalized spacial score (nSPS) is 15.1. The van der Waals surface area contributed by atoms with E-state index in [-0.39, 0.29) is 0 Å². The fraction of sp³-hybridized carbons (Fsp3) is 0.400. The molecule has 1 aliphatic rings. The van der Waals surface area contributed by atoms with Crippen molar-refractivity contribution in [1.82, 2.24) is 19.9 Å². The van der Waals surface area contributed by atoms with Crippen LogP contribution in [0.4, 0.5) is 0 Å². The number of benzene rings is 1. The van der Waals surface area contributed by atoms with Crippen LogP contribution in [0.15, 0.2) is 24.3 Å². The predicted molar refractivity (Wildman–Crippen MR) is 89.8 cm³/mol. The zero-order valence-electron chi connectivity index (χ0n) is 12.3. The van der Waals surface area contributed by atoms with Crippen LogP contribution < -0.4 is 0 Å². The van der Waals surface area contributed by atoms with Gasteiger partial charge >= 0.3 is 0 Å². The van der Waals surface area contributed by atoms with Gasteiger partial charge in [-0.25, -0.2) is 4.68 Å². The molecule has 7 heteroatoms. The molecule has 0 amide bonds. The van der Waals surface area contributed by atoms with Gasteiger partial charge in [-0.1, -0.05) is 35.1 Å². The van der Waals surface area contributed by atoms with E-state index < -0.39 is 0 Å². The highest BCUT2D eigenvalue weighted by atomic mass is 35.5. The Bertz CT molecular complexity index is 682. The third-order valence-electron chi connectivity index (χ3n) is 3.73. The Morgan fingerprint density at radius 2 is 2.14 bits per heavy atom.